The van der Waals surface area contributed by atoms with Crippen molar-refractivity contribution >= 4 is 12.0 Å². The highest BCUT2D eigenvalue weighted by atomic mass is 16.6. The fourth-order valence-corrected chi connectivity index (χ4v) is 3.01. The van der Waals surface area contributed by atoms with Crippen LogP contribution in [0.4, 0.5) is 4.79 Å². The Morgan fingerprint density at radius 1 is 1.11 bits per heavy atom. The molecule has 1 aromatic carbocycles. The van der Waals surface area contributed by atoms with E-state index in [0.29, 0.717) is 62.3 Å². The van der Waals surface area contributed by atoms with Gasteiger partial charge in [-0.15, -0.1) is 10.2 Å². The molecule has 1 aliphatic rings. The van der Waals surface area contributed by atoms with E-state index in [1.807, 2.05) is 24.3 Å². The molecule has 3 rings (SSSR count). The summed E-state index contributed by atoms with van der Waals surface area (Å²) in [6.45, 7) is 4.06. The zero-order chi connectivity index (χ0) is 19.9. The molecule has 9 nitrogen and oxygen atoms in total. The minimum atomic E-state index is -0.329. The van der Waals surface area contributed by atoms with E-state index in [1.165, 1.54) is 0 Å². The van der Waals surface area contributed by atoms with Crippen LogP contribution >= 0.6 is 0 Å². The Hall–Kier alpha value is -3.10. The van der Waals surface area contributed by atoms with Crippen molar-refractivity contribution in [2.45, 2.75) is 19.8 Å². The second-order valence-corrected chi connectivity index (χ2v) is 6.27. The zero-order valence-electron chi connectivity index (χ0n) is 16.1. The van der Waals surface area contributed by atoms with Gasteiger partial charge in [-0.1, -0.05) is 12.1 Å². The fraction of sp³-hybridized carbons (Fsp3) is 0.474. The lowest BCUT2D eigenvalue weighted by molar-refractivity contribution is -0.132. The summed E-state index contributed by atoms with van der Waals surface area (Å²) < 4.78 is 16.0. The van der Waals surface area contributed by atoms with Crippen molar-refractivity contribution < 1.29 is 23.5 Å². The van der Waals surface area contributed by atoms with E-state index in [9.17, 15) is 9.59 Å². The third-order valence-corrected chi connectivity index (χ3v) is 4.52. The van der Waals surface area contributed by atoms with Crippen molar-refractivity contribution in [1.29, 1.82) is 0 Å². The summed E-state index contributed by atoms with van der Waals surface area (Å²) in [4.78, 5) is 27.5. The molecule has 150 valence electrons. The lowest BCUT2D eigenvalue weighted by atomic mass is 10.2. The van der Waals surface area contributed by atoms with Crippen molar-refractivity contribution in [1.82, 2.24) is 20.0 Å². The average Bonchev–Trinajstić information content (AvgIpc) is 3.21. The van der Waals surface area contributed by atoms with Gasteiger partial charge >= 0.3 is 6.09 Å². The highest BCUT2D eigenvalue weighted by molar-refractivity contribution is 5.77. The van der Waals surface area contributed by atoms with Crippen LogP contribution in [0.15, 0.2) is 28.7 Å². The lowest BCUT2D eigenvalue weighted by Crippen LogP contribution is -2.50. The third kappa shape index (κ3) is 4.59. The number of aryl methyl sites for hydroxylation is 1. The van der Waals surface area contributed by atoms with Gasteiger partial charge in [-0.25, -0.2) is 4.79 Å². The number of piperazine rings is 1. The monoisotopic (exact) mass is 388 g/mol. The number of benzene rings is 1. The minimum absolute atomic E-state index is 0.000510. The number of rotatable bonds is 6. The first kappa shape index (κ1) is 19.7. The fourth-order valence-electron chi connectivity index (χ4n) is 3.01. The summed E-state index contributed by atoms with van der Waals surface area (Å²) in [6.07, 6.45) is 0.302. The average molecular weight is 388 g/mol. The summed E-state index contributed by atoms with van der Waals surface area (Å²) in [5.41, 5.74) is 0.713. The molecule has 1 fully saturated rings. The molecule has 0 radical (unpaired) electrons. The Bertz CT molecular complexity index is 814. The summed E-state index contributed by atoms with van der Waals surface area (Å²) >= 11 is 0. The molecule has 0 bridgehead atoms. The van der Waals surface area contributed by atoms with Gasteiger partial charge in [0.2, 0.25) is 11.8 Å². The molecule has 2 heterocycles. The number of carbonyl (C=O) groups excluding carboxylic acids is 2. The number of hydrogen-bond acceptors (Lipinski definition) is 7. The van der Waals surface area contributed by atoms with Crippen LogP contribution in [-0.4, -0.2) is 71.9 Å². The molecule has 0 saturated carbocycles. The van der Waals surface area contributed by atoms with Crippen molar-refractivity contribution in [3.63, 3.8) is 0 Å². The quantitative estimate of drug-likeness (QED) is 0.746. The normalized spacial score (nSPS) is 14.1. The van der Waals surface area contributed by atoms with Crippen LogP contribution in [0.25, 0.3) is 11.5 Å². The molecule has 2 amide bonds. The molecular formula is C19H24N4O5. The second-order valence-electron chi connectivity index (χ2n) is 6.27. The van der Waals surface area contributed by atoms with Gasteiger partial charge in [0, 0.05) is 39.0 Å². The first-order valence-corrected chi connectivity index (χ1v) is 9.27. The maximum Gasteiger partial charge on any atom is 0.409 e. The van der Waals surface area contributed by atoms with Gasteiger partial charge < -0.3 is 23.7 Å². The Labute approximate surface area is 163 Å². The van der Waals surface area contributed by atoms with E-state index in [2.05, 4.69) is 10.2 Å². The van der Waals surface area contributed by atoms with Crippen LogP contribution in [-0.2, 0) is 16.0 Å². The molecule has 0 spiro atoms. The van der Waals surface area contributed by atoms with E-state index in [1.54, 1.807) is 23.8 Å². The number of para-hydroxylation sites is 1. The molecule has 0 N–H and O–H groups in total. The summed E-state index contributed by atoms with van der Waals surface area (Å²) in [6, 6.07) is 7.38. The summed E-state index contributed by atoms with van der Waals surface area (Å²) in [5, 5.41) is 8.08. The number of ether oxygens (including phenoxy) is 2. The van der Waals surface area contributed by atoms with Gasteiger partial charge in [0.1, 0.15) is 5.75 Å². The molecule has 9 heteroatoms. The molecule has 0 aliphatic carbocycles. The van der Waals surface area contributed by atoms with E-state index >= 15 is 0 Å². The molecule has 28 heavy (non-hydrogen) atoms. The van der Waals surface area contributed by atoms with E-state index in [-0.39, 0.29) is 18.4 Å². The highest BCUT2D eigenvalue weighted by Crippen LogP contribution is 2.28. The highest BCUT2D eigenvalue weighted by Gasteiger charge is 2.25. The van der Waals surface area contributed by atoms with Gasteiger partial charge in [0.25, 0.3) is 5.89 Å². The predicted molar refractivity (Wildman–Crippen MR) is 99.8 cm³/mol. The number of nitrogens with zero attached hydrogens (tertiary/aromatic N) is 4. The van der Waals surface area contributed by atoms with Crippen molar-refractivity contribution in [3.8, 4) is 17.2 Å². The molecular weight excluding hydrogens is 364 g/mol. The number of hydrogen-bond donors (Lipinski definition) is 0. The zero-order valence-corrected chi connectivity index (χ0v) is 16.1. The van der Waals surface area contributed by atoms with Crippen LogP contribution in [0, 0.1) is 0 Å². The molecule has 2 aromatic rings. The maximum absolute atomic E-state index is 12.4. The van der Waals surface area contributed by atoms with Gasteiger partial charge in [0.05, 0.1) is 19.3 Å². The van der Waals surface area contributed by atoms with Gasteiger partial charge in [-0.05, 0) is 19.1 Å². The van der Waals surface area contributed by atoms with Gasteiger partial charge in [-0.3, -0.25) is 4.79 Å². The molecule has 1 aromatic heterocycles. The molecule has 0 atom stereocenters. The topological polar surface area (TPSA) is 98.0 Å². The first-order valence-electron chi connectivity index (χ1n) is 9.27. The minimum Gasteiger partial charge on any atom is -0.496 e. The van der Waals surface area contributed by atoms with Gasteiger partial charge in [0.15, 0.2) is 0 Å². The van der Waals surface area contributed by atoms with Crippen molar-refractivity contribution in [2.24, 2.45) is 0 Å². The predicted octanol–water partition coefficient (Wildman–Crippen LogP) is 1.98. The van der Waals surface area contributed by atoms with E-state index in [0.717, 1.165) is 0 Å². The van der Waals surface area contributed by atoms with Gasteiger partial charge in [-0.2, -0.15) is 0 Å². The second kappa shape index (κ2) is 9.20. The Balaban J connectivity index is 1.51. The molecule has 1 aliphatic heterocycles. The molecule has 0 unspecified atom stereocenters. The van der Waals surface area contributed by atoms with Crippen molar-refractivity contribution in [3.05, 3.63) is 30.2 Å². The van der Waals surface area contributed by atoms with Crippen molar-refractivity contribution in [2.75, 3.05) is 39.9 Å². The number of aromatic nitrogens is 2. The smallest absolute Gasteiger partial charge is 0.409 e. The first-order chi connectivity index (χ1) is 13.6. The Morgan fingerprint density at radius 3 is 2.54 bits per heavy atom. The standard InChI is InChI=1S/C19H24N4O5/c1-3-27-19(25)23-12-10-22(11-13-23)17(24)9-8-16-20-21-18(28-16)14-6-4-5-7-15(14)26-2/h4-7H,3,8-13H2,1-2H3. The van der Waals surface area contributed by atoms with Crippen LogP contribution in [0.2, 0.25) is 0 Å². The Morgan fingerprint density at radius 2 is 1.82 bits per heavy atom. The maximum atomic E-state index is 12.4. The number of carbonyl (C=O) groups is 2. The van der Waals surface area contributed by atoms with Crippen LogP contribution in [0.3, 0.4) is 0 Å². The SMILES string of the molecule is CCOC(=O)N1CCN(C(=O)CCc2nnc(-c3ccccc3OC)o2)CC1. The third-order valence-electron chi connectivity index (χ3n) is 4.52. The van der Waals surface area contributed by atoms with Crippen LogP contribution in [0.5, 0.6) is 5.75 Å². The largest absolute Gasteiger partial charge is 0.496 e. The number of methoxy groups -OCH3 is 1. The number of amides is 2. The van der Waals surface area contributed by atoms with E-state index < -0.39 is 0 Å². The lowest BCUT2D eigenvalue weighted by Gasteiger charge is -2.34. The Kier molecular flexibility index (Phi) is 6.46. The van der Waals surface area contributed by atoms with Crippen LogP contribution in [0.1, 0.15) is 19.2 Å². The molecule has 1 saturated heterocycles. The van der Waals surface area contributed by atoms with Crippen LogP contribution < -0.4 is 4.74 Å². The summed E-state index contributed by atoms with van der Waals surface area (Å²) in [7, 11) is 1.58. The van der Waals surface area contributed by atoms with E-state index in [4.69, 9.17) is 13.9 Å². The summed E-state index contributed by atoms with van der Waals surface area (Å²) in [5.74, 6) is 1.41.